The van der Waals surface area contributed by atoms with Crippen molar-refractivity contribution in [3.63, 3.8) is 0 Å². The molecule has 0 amide bonds. The van der Waals surface area contributed by atoms with Gasteiger partial charge >= 0.3 is 21.7 Å². The van der Waals surface area contributed by atoms with Gasteiger partial charge in [-0.05, 0) is 0 Å². The molecule has 0 saturated heterocycles. The predicted octanol–water partition coefficient (Wildman–Crippen LogP) is 13.8. The van der Waals surface area contributed by atoms with Crippen molar-refractivity contribution in [3.05, 3.63) is 153 Å². The van der Waals surface area contributed by atoms with Crippen LogP contribution in [0.25, 0.3) is 0 Å². The topological polar surface area (TPSA) is 0 Å². The molecule has 3 aromatic carbocycles. The van der Waals surface area contributed by atoms with E-state index in [1.54, 1.807) is 0 Å². The van der Waals surface area contributed by atoms with Crippen LogP contribution in [0.1, 0.15) is 23.1 Å². The second-order valence-corrected chi connectivity index (χ2v) is 28.0. The summed E-state index contributed by atoms with van der Waals surface area (Å²) in [6.45, 7) is 45.2. The summed E-state index contributed by atoms with van der Waals surface area (Å²) in [4.78, 5) is 0. The molecule has 0 aromatic heterocycles. The van der Waals surface area contributed by atoms with Crippen LogP contribution in [0.15, 0.2) is 109 Å². The van der Waals surface area contributed by atoms with E-state index in [2.05, 4.69) is 131 Å². The molecule has 0 atom stereocenters. The van der Waals surface area contributed by atoms with E-state index in [4.69, 9.17) is 0 Å². The first-order chi connectivity index (χ1) is 21.3. The second-order valence-electron chi connectivity index (χ2n) is 13.0. The Labute approximate surface area is 320 Å². The van der Waals surface area contributed by atoms with Gasteiger partial charge in [0, 0.05) is 44.0 Å². The third-order valence-electron chi connectivity index (χ3n) is 3.11. The van der Waals surface area contributed by atoms with Crippen molar-refractivity contribution in [3.8, 4) is 0 Å². The van der Waals surface area contributed by atoms with Crippen molar-refractivity contribution in [1.29, 1.82) is 0 Å². The average Bonchev–Trinajstić information content (AvgIpc) is 3.50. The average molecular weight is 752 g/mol. The van der Waals surface area contributed by atoms with Gasteiger partial charge < -0.3 is 0 Å². The molecule has 6 heteroatoms. The molecule has 0 nitrogen and oxygen atoms in total. The molecule has 259 valence electrons. The van der Waals surface area contributed by atoms with Crippen LogP contribution in [0.2, 0.25) is 98.2 Å². The van der Waals surface area contributed by atoms with Gasteiger partial charge in [-0.2, -0.15) is 79.9 Å². The van der Waals surface area contributed by atoms with Gasteiger partial charge in [0.05, 0.1) is 0 Å². The molecule has 0 saturated carbocycles. The first-order valence-electron chi connectivity index (χ1n) is 16.0. The van der Waals surface area contributed by atoms with Crippen LogP contribution >= 0.6 is 0 Å². The number of hydrogen-bond donors (Lipinski definition) is 0. The summed E-state index contributed by atoms with van der Waals surface area (Å²) in [6.07, 6.45) is 10.0. The Morgan fingerprint density at radius 1 is 0.404 bits per heavy atom. The minimum absolute atomic E-state index is 0. The van der Waals surface area contributed by atoms with Crippen LogP contribution in [0.3, 0.4) is 0 Å². The monoisotopic (exact) mass is 751 g/mol. The molecule has 47 heavy (non-hydrogen) atoms. The van der Waals surface area contributed by atoms with Crippen molar-refractivity contribution in [1.82, 2.24) is 0 Å². The predicted molar refractivity (Wildman–Crippen MR) is 231 cm³/mol. The van der Waals surface area contributed by atoms with E-state index in [1.807, 2.05) is 103 Å². The molecule has 0 bridgehead atoms. The van der Waals surface area contributed by atoms with Gasteiger partial charge in [0.2, 0.25) is 0 Å². The maximum Gasteiger partial charge on any atom is 4.00 e. The second kappa shape index (κ2) is 46.7. The van der Waals surface area contributed by atoms with Crippen LogP contribution in [0, 0.1) is 26.8 Å². The molecule has 1 aliphatic rings. The summed E-state index contributed by atoms with van der Waals surface area (Å²) in [5.74, 6) is 0. The quantitative estimate of drug-likeness (QED) is 0.158. The number of allylic oxidation sites excluding steroid dienone is 4. The van der Waals surface area contributed by atoms with Crippen molar-refractivity contribution < 1.29 is 21.7 Å². The van der Waals surface area contributed by atoms with E-state index in [-0.39, 0.29) is 65.7 Å². The maximum atomic E-state index is 3.72. The Hall–Kier alpha value is -1.45. The molecule has 4 rings (SSSR count). The largest absolute Gasteiger partial charge is 4.00 e. The molecular formula is C41H71Si5Ti. The van der Waals surface area contributed by atoms with E-state index < -0.39 is 0 Å². The Balaban J connectivity index is -0.000000102. The van der Waals surface area contributed by atoms with Crippen LogP contribution in [-0.2, 0) is 21.7 Å². The van der Waals surface area contributed by atoms with Gasteiger partial charge in [-0.1, -0.05) is 116 Å². The Bertz CT molecular complexity index is 825. The third-order valence-corrected chi connectivity index (χ3v) is 3.11. The third kappa shape index (κ3) is 106. The molecule has 0 unspecified atom stereocenters. The van der Waals surface area contributed by atoms with Gasteiger partial charge in [0.15, 0.2) is 0 Å². The van der Waals surface area contributed by atoms with Gasteiger partial charge in [0.1, 0.15) is 0 Å². The van der Waals surface area contributed by atoms with E-state index in [9.17, 15) is 0 Å². The molecule has 0 aliphatic heterocycles. The molecule has 0 heterocycles. The zero-order valence-electron chi connectivity index (χ0n) is 33.2. The van der Waals surface area contributed by atoms with Crippen molar-refractivity contribution >= 4 is 44.0 Å². The van der Waals surface area contributed by atoms with Gasteiger partial charge in [-0.3, -0.25) is 6.08 Å². The van der Waals surface area contributed by atoms with Crippen LogP contribution in [-0.4, -0.2) is 44.0 Å². The number of rotatable bonds is 0. The Morgan fingerprint density at radius 2 is 0.596 bits per heavy atom. The zero-order chi connectivity index (χ0) is 36.8. The van der Waals surface area contributed by atoms with E-state index in [0.29, 0.717) is 0 Å². The zero-order valence-corrected chi connectivity index (χ0v) is 39.8. The standard InChI is InChI=1S/3C7H7.C5H5.5C3H9Si.Ti/c3*1-7-5-3-2-4-6-7;1-2-4-5-3-1;5*1-4(2)3;/h3*2-6H,1H2;1-3H,4H2;5*1-3H3;/q4*-1;;;;;;+4. The smallest absolute Gasteiger partial charge is 0.273 e. The summed E-state index contributed by atoms with van der Waals surface area (Å²) in [5, 5.41) is 0. The normalized spacial score (nSPS) is 9.53. The van der Waals surface area contributed by atoms with Gasteiger partial charge in [0.25, 0.3) is 0 Å². The van der Waals surface area contributed by atoms with Crippen LogP contribution in [0.5, 0.6) is 0 Å². The molecular weight excluding hydrogens is 681 g/mol. The van der Waals surface area contributed by atoms with Crippen LogP contribution in [0.4, 0.5) is 0 Å². The summed E-state index contributed by atoms with van der Waals surface area (Å²) in [6, 6.07) is 29.6. The van der Waals surface area contributed by atoms with Gasteiger partial charge in [-0.15, -0.1) is 42.8 Å². The summed E-state index contributed by atoms with van der Waals surface area (Å²) >= 11 is 0. The fourth-order valence-electron chi connectivity index (χ4n) is 1.77. The first-order valence-corrected chi connectivity index (χ1v) is 31.0. The van der Waals surface area contributed by atoms with Gasteiger partial charge in [-0.25, -0.2) is 12.2 Å². The van der Waals surface area contributed by atoms with Crippen LogP contribution < -0.4 is 0 Å². The van der Waals surface area contributed by atoms with Crippen molar-refractivity contribution in [2.45, 2.75) is 105 Å². The summed E-state index contributed by atoms with van der Waals surface area (Å²) in [5.41, 5.74) is 3.22. The van der Waals surface area contributed by atoms with Crippen molar-refractivity contribution in [2.75, 3.05) is 0 Å². The number of hydrogen-bond acceptors (Lipinski definition) is 0. The fraction of sp³-hybridized carbons (Fsp3) is 0.390. The van der Waals surface area contributed by atoms with E-state index >= 15 is 0 Å². The molecule has 3 aromatic rings. The van der Waals surface area contributed by atoms with Crippen molar-refractivity contribution in [2.24, 2.45) is 0 Å². The minimum Gasteiger partial charge on any atom is -0.273 e. The first kappa shape index (κ1) is 57.8. The molecule has 1 aliphatic carbocycles. The van der Waals surface area contributed by atoms with E-state index in [1.165, 1.54) is 0 Å². The molecule has 0 N–H and O–H groups in total. The Kier molecular flexibility index (Phi) is 57.4. The summed E-state index contributed by atoms with van der Waals surface area (Å²) < 4.78 is 0. The van der Waals surface area contributed by atoms with E-state index in [0.717, 1.165) is 23.1 Å². The Morgan fingerprint density at radius 3 is 0.660 bits per heavy atom. The SMILES string of the molecule is C[Si](C)C.C[Si](C)C.C[Si](C)C.C[Si](C)C.C[Si](C)C.[C-]1=CC=CC1.[CH2-]c1ccccc1.[CH2-]c1ccccc1.[CH2-]c1ccccc1.[Ti+4]. The minimum atomic E-state index is 0. The molecule has 0 fully saturated rings. The molecule has 5 radical (unpaired) electrons. The summed E-state index contributed by atoms with van der Waals surface area (Å²) in [7, 11) is 0.602. The number of benzene rings is 3. The fourth-order valence-corrected chi connectivity index (χ4v) is 1.77. The maximum absolute atomic E-state index is 3.72. The molecule has 0 spiro atoms.